The highest BCUT2D eigenvalue weighted by Crippen LogP contribution is 2.65. The van der Waals surface area contributed by atoms with Crippen molar-refractivity contribution in [1.82, 2.24) is 0 Å². The molecule has 0 aliphatic carbocycles. The predicted molar refractivity (Wildman–Crippen MR) is 124 cm³/mol. The zero-order valence-electron chi connectivity index (χ0n) is 21.0. The summed E-state index contributed by atoms with van der Waals surface area (Å²) in [5.74, 6) is -3.95. The predicted octanol–water partition coefficient (Wildman–Crippen LogP) is 2.99. The number of hydrogen-bond acceptors (Lipinski definition) is 8. The summed E-state index contributed by atoms with van der Waals surface area (Å²) in [6.45, 7) is 12.3. The van der Waals surface area contributed by atoms with E-state index < -0.39 is 23.1 Å². The van der Waals surface area contributed by atoms with E-state index in [9.17, 15) is 0 Å². The molecule has 32 heavy (non-hydrogen) atoms. The monoisotopic (exact) mass is 494 g/mol. The van der Waals surface area contributed by atoms with Crippen LogP contribution in [0.5, 0.6) is 0 Å². The van der Waals surface area contributed by atoms with Gasteiger partial charge in [-0.1, -0.05) is 0 Å². The molecule has 4 fully saturated rings. The van der Waals surface area contributed by atoms with Crippen LogP contribution in [-0.2, 0) is 37.9 Å². The Balaban J connectivity index is 1.65. The molecule has 0 aromatic heterocycles. The van der Waals surface area contributed by atoms with E-state index in [0.717, 1.165) is 12.3 Å². The smallest absolute Gasteiger partial charge is 0.220 e. The Morgan fingerprint density at radius 1 is 0.562 bits per heavy atom. The highest BCUT2D eigenvalue weighted by Gasteiger charge is 2.66. The average Bonchev–Trinajstić information content (AvgIpc) is 3.21. The lowest BCUT2D eigenvalue weighted by atomic mass is 9.96. The molecule has 0 N–H and O–H groups in total. The Morgan fingerprint density at radius 3 is 1.12 bits per heavy atom. The average molecular weight is 495 g/mol. The highest BCUT2D eigenvalue weighted by molar-refractivity contribution is 7.62. The summed E-state index contributed by atoms with van der Waals surface area (Å²) in [5.41, 5.74) is 0.627. The van der Waals surface area contributed by atoms with Crippen molar-refractivity contribution in [3.63, 3.8) is 0 Å². The van der Waals surface area contributed by atoms with Gasteiger partial charge in [-0.3, -0.25) is 0 Å². The van der Waals surface area contributed by atoms with Crippen molar-refractivity contribution in [3.05, 3.63) is 0 Å². The van der Waals surface area contributed by atoms with E-state index in [2.05, 4.69) is 13.3 Å². The van der Waals surface area contributed by atoms with Crippen LogP contribution in [0.25, 0.3) is 0 Å². The van der Waals surface area contributed by atoms with Crippen LogP contribution in [0.3, 0.4) is 0 Å². The van der Waals surface area contributed by atoms with Gasteiger partial charge in [-0.15, -0.1) is 15.8 Å². The SMILES string of the molecule is CO[C@@]1(C)O[C@@H]2[C@H]([C@H]3[C@H]4O[C@](C)(OC)[C@@](C)(OC)O[C@@H]4C[P@]3C)[P@](C)C[C@H]2O[C@]1(C)OC. The normalized spacial score (nSPS) is 57.9. The van der Waals surface area contributed by atoms with E-state index >= 15 is 0 Å². The third kappa shape index (κ3) is 3.56. The van der Waals surface area contributed by atoms with Gasteiger partial charge in [0.05, 0.1) is 24.4 Å². The van der Waals surface area contributed by atoms with E-state index in [1.165, 1.54) is 0 Å². The quantitative estimate of drug-likeness (QED) is 0.541. The van der Waals surface area contributed by atoms with Gasteiger partial charge >= 0.3 is 0 Å². The van der Waals surface area contributed by atoms with Crippen LogP contribution in [0.15, 0.2) is 0 Å². The zero-order valence-corrected chi connectivity index (χ0v) is 22.8. The number of fused-ring (bicyclic) bond motifs is 2. The summed E-state index contributed by atoms with van der Waals surface area (Å²) in [4.78, 5) is 0. The van der Waals surface area contributed by atoms with E-state index in [0.29, 0.717) is 11.3 Å². The molecule has 0 unspecified atom stereocenters. The molecule has 10 heteroatoms. The van der Waals surface area contributed by atoms with Gasteiger partial charge in [-0.25, -0.2) is 0 Å². The molecule has 0 saturated carbocycles. The van der Waals surface area contributed by atoms with Crippen molar-refractivity contribution >= 4 is 15.8 Å². The molecule has 12 atom stereocenters. The standard InChI is InChI=1S/C22H40O8P2/c1-19(23-5)21(3,25-7)29-15-13(27-19)11-31(9)17(15)18-16-14(12-32(18)10)28-20(2,24-6)22(4,26-8)30-16/h13-18H,11-12H2,1-10H3/t13-,14-,15+,16+,17-,18-,19+,20+,21+,22+,31-,32+/m1/s1. The molecule has 4 rings (SSSR count). The molecule has 4 saturated heterocycles. The second-order valence-corrected chi connectivity index (χ2v) is 14.9. The van der Waals surface area contributed by atoms with Gasteiger partial charge < -0.3 is 37.9 Å². The van der Waals surface area contributed by atoms with Crippen LogP contribution in [0.1, 0.15) is 27.7 Å². The molecule has 0 bridgehead atoms. The van der Waals surface area contributed by atoms with Gasteiger partial charge in [0.2, 0.25) is 23.1 Å². The molecular weight excluding hydrogens is 454 g/mol. The number of methoxy groups -OCH3 is 4. The van der Waals surface area contributed by atoms with Crippen LogP contribution < -0.4 is 0 Å². The Kier molecular flexibility index (Phi) is 6.87. The third-order valence-electron chi connectivity index (χ3n) is 8.39. The molecule has 0 aromatic rings. The fraction of sp³-hybridized carbons (Fsp3) is 1.00. The van der Waals surface area contributed by atoms with Gasteiger partial charge in [0, 0.05) is 39.8 Å². The summed E-state index contributed by atoms with van der Waals surface area (Å²) >= 11 is 0. The van der Waals surface area contributed by atoms with Crippen LogP contribution in [0, 0.1) is 0 Å². The second-order valence-electron chi connectivity index (χ2n) is 9.94. The van der Waals surface area contributed by atoms with Crippen molar-refractivity contribution in [2.24, 2.45) is 0 Å². The Bertz CT molecular complexity index is 657. The first kappa shape index (κ1) is 25.6. The van der Waals surface area contributed by atoms with E-state index in [1.807, 2.05) is 27.7 Å². The molecule has 0 radical (unpaired) electrons. The fourth-order valence-electron chi connectivity index (χ4n) is 5.83. The molecule has 0 amide bonds. The summed E-state index contributed by atoms with van der Waals surface area (Å²) in [5, 5.41) is 0. The summed E-state index contributed by atoms with van der Waals surface area (Å²) < 4.78 is 49.6. The van der Waals surface area contributed by atoms with Gasteiger partial charge in [-0.2, -0.15) is 0 Å². The van der Waals surface area contributed by atoms with E-state index in [1.54, 1.807) is 28.4 Å². The van der Waals surface area contributed by atoms with Gasteiger partial charge in [-0.05, 0) is 53.3 Å². The van der Waals surface area contributed by atoms with Crippen molar-refractivity contribution < 1.29 is 37.9 Å². The molecule has 0 aromatic carbocycles. The molecule has 4 aliphatic heterocycles. The minimum atomic E-state index is -1.00. The largest absolute Gasteiger partial charge is 0.349 e. The van der Waals surface area contributed by atoms with Crippen LogP contribution in [0.2, 0.25) is 0 Å². The second kappa shape index (κ2) is 8.58. The van der Waals surface area contributed by atoms with Crippen LogP contribution >= 0.6 is 15.8 Å². The Labute approximate surface area is 194 Å². The van der Waals surface area contributed by atoms with Gasteiger partial charge in [0.1, 0.15) is 0 Å². The number of ether oxygens (including phenoxy) is 8. The fourth-order valence-corrected chi connectivity index (χ4v) is 12.3. The Hall–Kier alpha value is 0.540. The Morgan fingerprint density at radius 2 is 0.844 bits per heavy atom. The van der Waals surface area contributed by atoms with E-state index in [-0.39, 0.29) is 40.3 Å². The summed E-state index contributed by atoms with van der Waals surface area (Å²) in [6, 6.07) is 0. The molecule has 186 valence electrons. The number of rotatable bonds is 5. The molecule has 4 heterocycles. The van der Waals surface area contributed by atoms with Gasteiger partial charge in [0.15, 0.2) is 0 Å². The van der Waals surface area contributed by atoms with Crippen molar-refractivity contribution in [3.8, 4) is 0 Å². The third-order valence-corrected chi connectivity index (χ3v) is 13.8. The highest BCUT2D eigenvalue weighted by atomic mass is 31.1. The molecule has 0 spiro atoms. The lowest BCUT2D eigenvalue weighted by Gasteiger charge is -2.53. The maximum atomic E-state index is 6.72. The molecule has 4 aliphatic rings. The first-order chi connectivity index (χ1) is 14.9. The van der Waals surface area contributed by atoms with E-state index in [4.69, 9.17) is 37.9 Å². The van der Waals surface area contributed by atoms with Crippen molar-refractivity contribution in [2.45, 2.75) is 86.6 Å². The van der Waals surface area contributed by atoms with Crippen LogP contribution in [-0.4, -0.2) is 113 Å². The van der Waals surface area contributed by atoms with Crippen molar-refractivity contribution in [2.75, 3.05) is 54.1 Å². The topological polar surface area (TPSA) is 73.8 Å². The maximum absolute atomic E-state index is 6.72. The summed E-state index contributed by atoms with van der Waals surface area (Å²) in [6.07, 6.45) is 1.71. The summed E-state index contributed by atoms with van der Waals surface area (Å²) in [7, 11) is 5.85. The minimum Gasteiger partial charge on any atom is -0.349 e. The van der Waals surface area contributed by atoms with Crippen molar-refractivity contribution in [1.29, 1.82) is 0 Å². The number of hydrogen-bond donors (Lipinski definition) is 0. The lowest BCUT2D eigenvalue weighted by molar-refractivity contribution is -0.448. The first-order valence-corrected chi connectivity index (χ1v) is 15.3. The molecule has 8 nitrogen and oxygen atoms in total. The van der Waals surface area contributed by atoms with Crippen LogP contribution in [0.4, 0.5) is 0 Å². The molecular formula is C22H40O8P2. The maximum Gasteiger partial charge on any atom is 0.220 e. The van der Waals surface area contributed by atoms with Gasteiger partial charge in [0.25, 0.3) is 0 Å². The first-order valence-electron chi connectivity index (χ1n) is 11.2. The minimum absolute atomic E-state index is 0.0331. The lowest BCUT2D eigenvalue weighted by Crippen LogP contribution is -2.68. The zero-order chi connectivity index (χ0) is 23.7.